The number of amides is 1. The second-order valence-corrected chi connectivity index (χ2v) is 7.55. The Labute approximate surface area is 160 Å². The molecule has 0 unspecified atom stereocenters. The van der Waals surface area contributed by atoms with Crippen molar-refractivity contribution in [3.63, 3.8) is 0 Å². The molecular formula is C19H30N4O2S. The lowest BCUT2D eigenvalue weighted by Crippen LogP contribution is -2.40. The molecule has 2 heterocycles. The van der Waals surface area contributed by atoms with Crippen LogP contribution in [0.3, 0.4) is 0 Å². The molecule has 7 heteroatoms. The van der Waals surface area contributed by atoms with E-state index in [0.29, 0.717) is 30.5 Å². The molecule has 2 aromatic heterocycles. The average molecular weight is 379 g/mol. The van der Waals surface area contributed by atoms with E-state index in [1.165, 1.54) is 0 Å². The van der Waals surface area contributed by atoms with Gasteiger partial charge in [-0.25, -0.2) is 0 Å². The van der Waals surface area contributed by atoms with Crippen LogP contribution in [0.2, 0.25) is 0 Å². The summed E-state index contributed by atoms with van der Waals surface area (Å²) >= 11 is 1.59. The van der Waals surface area contributed by atoms with E-state index in [2.05, 4.69) is 42.8 Å². The van der Waals surface area contributed by atoms with Crippen molar-refractivity contribution in [3.05, 3.63) is 22.7 Å². The first-order chi connectivity index (χ1) is 12.5. The Kier molecular flexibility index (Phi) is 8.25. The highest BCUT2D eigenvalue weighted by atomic mass is 32.1. The van der Waals surface area contributed by atoms with Crippen LogP contribution in [0.1, 0.15) is 40.0 Å². The van der Waals surface area contributed by atoms with Crippen molar-refractivity contribution < 1.29 is 9.21 Å². The van der Waals surface area contributed by atoms with Crippen molar-refractivity contribution in [2.24, 2.45) is 5.92 Å². The normalized spacial score (nSPS) is 11.5. The molecule has 0 N–H and O–H groups in total. The summed E-state index contributed by atoms with van der Waals surface area (Å²) in [6, 6.07) is 1.95. The number of hydrogen-bond acceptors (Lipinski definition) is 6. The van der Waals surface area contributed by atoms with E-state index in [1.807, 2.05) is 21.7 Å². The summed E-state index contributed by atoms with van der Waals surface area (Å²) in [5.41, 5.74) is 0.931. The molecule has 0 aliphatic rings. The van der Waals surface area contributed by atoms with E-state index < -0.39 is 0 Å². The summed E-state index contributed by atoms with van der Waals surface area (Å²) in [4.78, 5) is 17.0. The van der Waals surface area contributed by atoms with Gasteiger partial charge in [-0.3, -0.25) is 4.79 Å². The second kappa shape index (κ2) is 10.4. The number of carbonyl (C=O) groups excluding carboxylic acids is 1. The van der Waals surface area contributed by atoms with Gasteiger partial charge < -0.3 is 14.2 Å². The Balaban J connectivity index is 1.89. The third-order valence-electron chi connectivity index (χ3n) is 4.31. The lowest BCUT2D eigenvalue weighted by molar-refractivity contribution is -0.132. The van der Waals surface area contributed by atoms with E-state index >= 15 is 0 Å². The van der Waals surface area contributed by atoms with Crippen molar-refractivity contribution in [1.29, 1.82) is 0 Å². The van der Waals surface area contributed by atoms with Crippen LogP contribution in [0.25, 0.3) is 11.5 Å². The quantitative estimate of drug-likeness (QED) is 0.598. The molecule has 0 bridgehead atoms. The third-order valence-corrected chi connectivity index (χ3v) is 4.99. The lowest BCUT2D eigenvalue weighted by atomic mass is 10.2. The number of rotatable bonds is 11. The Morgan fingerprint density at radius 3 is 2.62 bits per heavy atom. The van der Waals surface area contributed by atoms with Crippen LogP contribution in [-0.4, -0.2) is 58.6 Å². The number of hydrogen-bond donors (Lipinski definition) is 0. The number of carbonyl (C=O) groups is 1. The van der Waals surface area contributed by atoms with E-state index in [-0.39, 0.29) is 5.91 Å². The molecule has 0 aliphatic heterocycles. The minimum atomic E-state index is 0.154. The SMILES string of the molecule is CCN(CC)CCN(CC(C)C)C(=O)CCc1nnc(-c2ccsc2)o1. The van der Waals surface area contributed by atoms with Gasteiger partial charge in [-0.1, -0.05) is 27.7 Å². The highest BCUT2D eigenvalue weighted by Crippen LogP contribution is 2.20. The van der Waals surface area contributed by atoms with Crippen molar-refractivity contribution in [3.8, 4) is 11.5 Å². The summed E-state index contributed by atoms with van der Waals surface area (Å²) in [7, 11) is 0. The number of aromatic nitrogens is 2. The van der Waals surface area contributed by atoms with Crippen molar-refractivity contribution >= 4 is 17.2 Å². The van der Waals surface area contributed by atoms with Gasteiger partial charge in [-0.15, -0.1) is 10.2 Å². The Morgan fingerprint density at radius 1 is 1.23 bits per heavy atom. The molecule has 144 valence electrons. The fourth-order valence-electron chi connectivity index (χ4n) is 2.79. The molecule has 26 heavy (non-hydrogen) atoms. The maximum Gasteiger partial charge on any atom is 0.248 e. The first-order valence-corrected chi connectivity index (χ1v) is 10.3. The summed E-state index contributed by atoms with van der Waals surface area (Å²) in [5, 5.41) is 12.1. The van der Waals surface area contributed by atoms with Crippen LogP contribution >= 0.6 is 11.3 Å². The number of aryl methyl sites for hydroxylation is 1. The molecule has 0 saturated carbocycles. The predicted octanol–water partition coefficient (Wildman–Crippen LogP) is 3.56. The molecule has 0 spiro atoms. The standard InChI is InChI=1S/C19H30N4O2S/c1-5-22(6-2)10-11-23(13-15(3)4)18(24)8-7-17-20-21-19(25-17)16-9-12-26-14-16/h9,12,14-15H,5-8,10-11,13H2,1-4H3. The minimum absolute atomic E-state index is 0.154. The molecule has 0 saturated heterocycles. The summed E-state index contributed by atoms with van der Waals surface area (Å²) in [6.45, 7) is 13.1. The maximum atomic E-state index is 12.7. The third kappa shape index (κ3) is 6.21. The van der Waals surface area contributed by atoms with Crippen molar-refractivity contribution in [2.45, 2.75) is 40.5 Å². The largest absolute Gasteiger partial charge is 0.421 e. The zero-order valence-corrected chi connectivity index (χ0v) is 17.1. The van der Waals surface area contributed by atoms with Gasteiger partial charge in [0.15, 0.2) is 0 Å². The summed E-state index contributed by atoms with van der Waals surface area (Å²) in [6.07, 6.45) is 0.881. The van der Waals surface area contributed by atoms with Gasteiger partial charge in [0.25, 0.3) is 0 Å². The maximum absolute atomic E-state index is 12.7. The van der Waals surface area contributed by atoms with Crippen LogP contribution in [0.15, 0.2) is 21.2 Å². The van der Waals surface area contributed by atoms with Crippen molar-refractivity contribution in [1.82, 2.24) is 20.0 Å². The Morgan fingerprint density at radius 2 is 2.00 bits per heavy atom. The molecule has 0 radical (unpaired) electrons. The van der Waals surface area contributed by atoms with Crippen LogP contribution in [-0.2, 0) is 11.2 Å². The minimum Gasteiger partial charge on any atom is -0.421 e. The van der Waals surface area contributed by atoms with Gasteiger partial charge in [0.2, 0.25) is 17.7 Å². The van der Waals surface area contributed by atoms with Gasteiger partial charge in [-0.05, 0) is 30.5 Å². The average Bonchev–Trinajstić information content (AvgIpc) is 3.30. The van der Waals surface area contributed by atoms with Crippen LogP contribution in [0.5, 0.6) is 0 Å². The van der Waals surface area contributed by atoms with E-state index in [1.54, 1.807) is 11.3 Å². The van der Waals surface area contributed by atoms with E-state index in [9.17, 15) is 4.79 Å². The van der Waals surface area contributed by atoms with Crippen molar-refractivity contribution in [2.75, 3.05) is 32.7 Å². The molecular weight excluding hydrogens is 348 g/mol. The van der Waals surface area contributed by atoms with Crippen LogP contribution in [0.4, 0.5) is 0 Å². The topological polar surface area (TPSA) is 62.5 Å². The Bertz CT molecular complexity index is 650. The lowest BCUT2D eigenvalue weighted by Gasteiger charge is -2.28. The summed E-state index contributed by atoms with van der Waals surface area (Å²) < 4.78 is 5.68. The second-order valence-electron chi connectivity index (χ2n) is 6.77. The highest BCUT2D eigenvalue weighted by Gasteiger charge is 2.17. The van der Waals surface area contributed by atoms with Crippen LogP contribution in [0, 0.1) is 5.92 Å². The number of nitrogens with zero attached hydrogens (tertiary/aromatic N) is 4. The number of likely N-dealkylation sites (N-methyl/N-ethyl adjacent to an activating group) is 1. The first kappa shape index (κ1) is 20.6. The molecule has 0 aliphatic carbocycles. The molecule has 0 fully saturated rings. The van der Waals surface area contributed by atoms with Gasteiger partial charge in [-0.2, -0.15) is 11.3 Å². The molecule has 2 aromatic rings. The smallest absolute Gasteiger partial charge is 0.248 e. The fraction of sp³-hybridized carbons (Fsp3) is 0.632. The molecule has 2 rings (SSSR count). The zero-order valence-electron chi connectivity index (χ0n) is 16.3. The Hall–Kier alpha value is -1.73. The van der Waals surface area contributed by atoms with Gasteiger partial charge >= 0.3 is 0 Å². The molecule has 1 amide bonds. The summed E-state index contributed by atoms with van der Waals surface area (Å²) in [5.74, 6) is 1.65. The van der Waals surface area contributed by atoms with Crippen LogP contribution < -0.4 is 0 Å². The fourth-order valence-corrected chi connectivity index (χ4v) is 3.42. The van der Waals surface area contributed by atoms with Gasteiger partial charge in [0, 0.05) is 43.4 Å². The van der Waals surface area contributed by atoms with E-state index in [0.717, 1.165) is 38.3 Å². The molecule has 0 aromatic carbocycles. The number of thiophene rings is 1. The first-order valence-electron chi connectivity index (χ1n) is 9.38. The van der Waals surface area contributed by atoms with Gasteiger partial charge in [0.05, 0.1) is 0 Å². The monoisotopic (exact) mass is 378 g/mol. The van der Waals surface area contributed by atoms with Gasteiger partial charge in [0.1, 0.15) is 0 Å². The predicted molar refractivity (Wildman–Crippen MR) is 105 cm³/mol. The molecule has 6 nitrogen and oxygen atoms in total. The zero-order chi connectivity index (χ0) is 18.9. The molecule has 0 atom stereocenters. The van der Waals surface area contributed by atoms with E-state index in [4.69, 9.17) is 4.42 Å². The highest BCUT2D eigenvalue weighted by molar-refractivity contribution is 7.08.